The van der Waals surface area contributed by atoms with E-state index in [9.17, 15) is 0 Å². The molecule has 1 heteroatoms. The van der Waals surface area contributed by atoms with Gasteiger partial charge in [0.2, 0.25) is 0 Å². The van der Waals surface area contributed by atoms with Crippen molar-refractivity contribution < 1.29 is 0 Å². The van der Waals surface area contributed by atoms with Gasteiger partial charge in [0, 0.05) is 6.04 Å². The lowest BCUT2D eigenvalue weighted by Gasteiger charge is -2.39. The summed E-state index contributed by atoms with van der Waals surface area (Å²) in [6.45, 7) is 13.7. The number of hydrogen-bond acceptors (Lipinski definition) is 1. The summed E-state index contributed by atoms with van der Waals surface area (Å²) in [6.07, 6.45) is 0. The standard InChI is InChI=1S/C15H25N/c1-6-16(7-2)14(15(3,4)5)13-11-9-8-10-12-13/h8-12,14H,6-7H2,1-5H3. The van der Waals surface area contributed by atoms with Crippen LogP contribution in [0.5, 0.6) is 0 Å². The fourth-order valence-electron chi connectivity index (χ4n) is 2.48. The molecule has 90 valence electrons. The first kappa shape index (κ1) is 13.2. The van der Waals surface area contributed by atoms with E-state index in [1.165, 1.54) is 5.56 Å². The molecule has 0 N–H and O–H groups in total. The Balaban J connectivity index is 3.06. The fourth-order valence-corrected chi connectivity index (χ4v) is 2.48. The van der Waals surface area contributed by atoms with E-state index in [4.69, 9.17) is 0 Å². The zero-order valence-electron chi connectivity index (χ0n) is 11.3. The van der Waals surface area contributed by atoms with E-state index in [0.717, 1.165) is 13.1 Å². The average molecular weight is 219 g/mol. The summed E-state index contributed by atoms with van der Waals surface area (Å²) >= 11 is 0. The topological polar surface area (TPSA) is 3.24 Å². The molecule has 0 saturated carbocycles. The van der Waals surface area contributed by atoms with E-state index < -0.39 is 0 Å². The first-order valence-electron chi connectivity index (χ1n) is 6.29. The zero-order valence-corrected chi connectivity index (χ0v) is 11.3. The van der Waals surface area contributed by atoms with Crippen LogP contribution in [0.2, 0.25) is 0 Å². The maximum Gasteiger partial charge on any atom is 0.0396 e. The van der Waals surface area contributed by atoms with Crippen molar-refractivity contribution in [1.82, 2.24) is 4.90 Å². The molecular formula is C15H25N. The predicted molar refractivity (Wildman–Crippen MR) is 71.6 cm³/mol. The smallest absolute Gasteiger partial charge is 0.0396 e. The Kier molecular flexibility index (Phi) is 4.55. The van der Waals surface area contributed by atoms with Gasteiger partial charge in [-0.3, -0.25) is 4.90 Å². The molecule has 16 heavy (non-hydrogen) atoms. The predicted octanol–water partition coefficient (Wildman–Crippen LogP) is 4.12. The maximum absolute atomic E-state index is 2.54. The Labute approximate surface area is 100 Å². The van der Waals surface area contributed by atoms with E-state index in [2.05, 4.69) is 69.9 Å². The largest absolute Gasteiger partial charge is 0.296 e. The van der Waals surface area contributed by atoms with Crippen molar-refractivity contribution in [2.24, 2.45) is 5.41 Å². The normalized spacial score (nSPS) is 14.1. The summed E-state index contributed by atoms with van der Waals surface area (Å²) < 4.78 is 0. The Morgan fingerprint density at radius 3 is 1.88 bits per heavy atom. The highest BCUT2D eigenvalue weighted by Crippen LogP contribution is 2.37. The number of nitrogens with zero attached hydrogens (tertiary/aromatic N) is 1. The molecule has 1 atom stereocenters. The summed E-state index contributed by atoms with van der Waals surface area (Å²) in [4.78, 5) is 2.54. The van der Waals surface area contributed by atoms with Crippen LogP contribution >= 0.6 is 0 Å². The molecule has 1 rings (SSSR count). The molecular weight excluding hydrogens is 194 g/mol. The van der Waals surface area contributed by atoms with Crippen molar-refractivity contribution in [2.45, 2.75) is 40.7 Å². The molecule has 0 radical (unpaired) electrons. The number of hydrogen-bond donors (Lipinski definition) is 0. The van der Waals surface area contributed by atoms with Gasteiger partial charge in [0.1, 0.15) is 0 Å². The lowest BCUT2D eigenvalue weighted by atomic mass is 9.81. The first-order chi connectivity index (χ1) is 7.50. The van der Waals surface area contributed by atoms with Gasteiger partial charge in [-0.15, -0.1) is 0 Å². The molecule has 1 aromatic carbocycles. The summed E-state index contributed by atoms with van der Waals surface area (Å²) in [5, 5.41) is 0. The summed E-state index contributed by atoms with van der Waals surface area (Å²) in [5.74, 6) is 0. The summed E-state index contributed by atoms with van der Waals surface area (Å²) in [6, 6.07) is 11.4. The minimum atomic E-state index is 0.271. The van der Waals surface area contributed by atoms with E-state index in [1.54, 1.807) is 0 Å². The monoisotopic (exact) mass is 219 g/mol. The molecule has 0 aliphatic carbocycles. The van der Waals surface area contributed by atoms with Crippen molar-refractivity contribution >= 4 is 0 Å². The van der Waals surface area contributed by atoms with Crippen LogP contribution in [-0.2, 0) is 0 Å². The molecule has 0 bridgehead atoms. The molecule has 0 aromatic heterocycles. The second-order valence-electron chi connectivity index (χ2n) is 5.40. The lowest BCUT2D eigenvalue weighted by molar-refractivity contribution is 0.110. The molecule has 0 aliphatic rings. The van der Waals surface area contributed by atoms with Crippen molar-refractivity contribution in [1.29, 1.82) is 0 Å². The second kappa shape index (κ2) is 5.49. The fraction of sp³-hybridized carbons (Fsp3) is 0.600. The van der Waals surface area contributed by atoms with Crippen LogP contribution < -0.4 is 0 Å². The Morgan fingerprint density at radius 1 is 1.00 bits per heavy atom. The Hall–Kier alpha value is -0.820. The highest BCUT2D eigenvalue weighted by atomic mass is 15.2. The minimum Gasteiger partial charge on any atom is -0.296 e. The third kappa shape index (κ3) is 3.08. The highest BCUT2D eigenvalue weighted by Gasteiger charge is 2.29. The van der Waals surface area contributed by atoms with Crippen LogP contribution in [0.1, 0.15) is 46.2 Å². The van der Waals surface area contributed by atoms with E-state index in [-0.39, 0.29) is 5.41 Å². The number of rotatable bonds is 4. The van der Waals surface area contributed by atoms with Gasteiger partial charge < -0.3 is 0 Å². The summed E-state index contributed by atoms with van der Waals surface area (Å²) in [5.41, 5.74) is 1.70. The highest BCUT2D eigenvalue weighted by molar-refractivity contribution is 5.21. The molecule has 0 heterocycles. The van der Waals surface area contributed by atoms with Gasteiger partial charge in [-0.1, -0.05) is 65.0 Å². The van der Waals surface area contributed by atoms with E-state index in [1.807, 2.05) is 0 Å². The molecule has 0 saturated heterocycles. The molecule has 0 spiro atoms. The van der Waals surface area contributed by atoms with Gasteiger partial charge >= 0.3 is 0 Å². The van der Waals surface area contributed by atoms with Gasteiger partial charge in [-0.25, -0.2) is 0 Å². The molecule has 1 aromatic rings. The average Bonchev–Trinajstić information content (AvgIpc) is 2.25. The third-order valence-corrected chi connectivity index (χ3v) is 3.11. The molecule has 1 unspecified atom stereocenters. The van der Waals surface area contributed by atoms with Gasteiger partial charge in [0.25, 0.3) is 0 Å². The second-order valence-corrected chi connectivity index (χ2v) is 5.40. The molecule has 1 nitrogen and oxygen atoms in total. The van der Waals surface area contributed by atoms with Crippen LogP contribution in [-0.4, -0.2) is 18.0 Å². The lowest BCUT2D eigenvalue weighted by Crippen LogP contribution is -2.36. The first-order valence-corrected chi connectivity index (χ1v) is 6.29. The molecule has 0 fully saturated rings. The van der Waals surface area contributed by atoms with Crippen molar-refractivity contribution in [2.75, 3.05) is 13.1 Å². The SMILES string of the molecule is CCN(CC)C(c1ccccc1)C(C)(C)C. The van der Waals surface area contributed by atoms with Gasteiger partial charge in [0.05, 0.1) is 0 Å². The van der Waals surface area contributed by atoms with Gasteiger partial charge in [0.15, 0.2) is 0 Å². The molecule has 0 aliphatic heterocycles. The van der Waals surface area contributed by atoms with Crippen molar-refractivity contribution in [3.8, 4) is 0 Å². The zero-order chi connectivity index (χ0) is 12.2. The van der Waals surface area contributed by atoms with Crippen LogP contribution in [0.4, 0.5) is 0 Å². The maximum atomic E-state index is 2.54. The van der Waals surface area contributed by atoms with Crippen LogP contribution in [0.3, 0.4) is 0 Å². The Bertz CT molecular complexity index is 293. The van der Waals surface area contributed by atoms with Crippen LogP contribution in [0, 0.1) is 5.41 Å². The van der Waals surface area contributed by atoms with Gasteiger partial charge in [-0.2, -0.15) is 0 Å². The minimum absolute atomic E-state index is 0.271. The van der Waals surface area contributed by atoms with Gasteiger partial charge in [-0.05, 0) is 24.1 Å². The third-order valence-electron chi connectivity index (χ3n) is 3.11. The van der Waals surface area contributed by atoms with E-state index >= 15 is 0 Å². The molecule has 0 amide bonds. The summed E-state index contributed by atoms with van der Waals surface area (Å²) in [7, 11) is 0. The number of benzene rings is 1. The van der Waals surface area contributed by atoms with Crippen molar-refractivity contribution in [3.63, 3.8) is 0 Å². The quantitative estimate of drug-likeness (QED) is 0.736. The van der Waals surface area contributed by atoms with Crippen LogP contribution in [0.25, 0.3) is 0 Å². The van der Waals surface area contributed by atoms with Crippen molar-refractivity contribution in [3.05, 3.63) is 35.9 Å². The van der Waals surface area contributed by atoms with Crippen LogP contribution in [0.15, 0.2) is 30.3 Å². The Morgan fingerprint density at radius 2 is 1.50 bits per heavy atom. The van der Waals surface area contributed by atoms with E-state index in [0.29, 0.717) is 6.04 Å².